The van der Waals surface area contributed by atoms with Crippen molar-refractivity contribution >= 4 is 11.7 Å². The Morgan fingerprint density at radius 2 is 1.83 bits per heavy atom. The van der Waals surface area contributed by atoms with Crippen molar-refractivity contribution in [3.63, 3.8) is 0 Å². The van der Waals surface area contributed by atoms with Gasteiger partial charge in [-0.15, -0.1) is 0 Å². The number of carbonyl (C=O) groups is 1. The Morgan fingerprint density at radius 3 is 2.54 bits per heavy atom. The number of nitrogens with zero attached hydrogens (tertiary/aromatic N) is 2. The quantitative estimate of drug-likeness (QED) is 0.848. The lowest BCUT2D eigenvalue weighted by Crippen LogP contribution is -2.20. The minimum atomic E-state index is 0.0622. The number of amides is 1. The maximum absolute atomic E-state index is 12.3. The van der Waals surface area contributed by atoms with Gasteiger partial charge < -0.3 is 5.32 Å². The molecule has 1 N–H and O–H groups in total. The number of hydrogen-bond donors (Lipinski definition) is 1. The Labute approximate surface area is 144 Å². The fourth-order valence-electron chi connectivity index (χ4n) is 3.43. The van der Waals surface area contributed by atoms with E-state index in [9.17, 15) is 4.79 Å². The Kier molecular flexibility index (Phi) is 5.68. The number of benzene rings is 1. The predicted octanol–water partition coefficient (Wildman–Crippen LogP) is 4.52. The summed E-state index contributed by atoms with van der Waals surface area (Å²) in [6.07, 6.45) is 10.3. The number of aryl methyl sites for hydroxylation is 2. The monoisotopic (exact) mass is 325 g/mol. The van der Waals surface area contributed by atoms with E-state index in [1.807, 2.05) is 10.7 Å². The molecule has 0 bridgehead atoms. The van der Waals surface area contributed by atoms with E-state index in [0.717, 1.165) is 31.5 Å². The summed E-state index contributed by atoms with van der Waals surface area (Å²) in [4.78, 5) is 12.3. The van der Waals surface area contributed by atoms with Crippen molar-refractivity contribution in [2.45, 2.75) is 64.3 Å². The highest BCUT2D eigenvalue weighted by molar-refractivity contribution is 5.89. The standard InChI is InChI=1S/C20H27N3O/c1-2-16-8-10-17(11-9-16)12-13-20(24)22-19-14-15-21-23(19)18-6-4-3-5-7-18/h8-11,14-15,18H,2-7,12-13H2,1H3,(H,22,24). The maximum atomic E-state index is 12.3. The van der Waals surface area contributed by atoms with E-state index in [-0.39, 0.29) is 5.91 Å². The van der Waals surface area contributed by atoms with E-state index in [4.69, 9.17) is 0 Å². The molecule has 4 nitrogen and oxygen atoms in total. The summed E-state index contributed by atoms with van der Waals surface area (Å²) < 4.78 is 2.01. The molecular formula is C20H27N3O. The van der Waals surface area contributed by atoms with Gasteiger partial charge in [0.25, 0.3) is 0 Å². The summed E-state index contributed by atoms with van der Waals surface area (Å²) in [6.45, 7) is 2.15. The van der Waals surface area contributed by atoms with E-state index in [0.29, 0.717) is 12.5 Å². The Hall–Kier alpha value is -2.10. The summed E-state index contributed by atoms with van der Waals surface area (Å²) >= 11 is 0. The van der Waals surface area contributed by atoms with Crippen molar-refractivity contribution < 1.29 is 4.79 Å². The minimum Gasteiger partial charge on any atom is -0.311 e. The van der Waals surface area contributed by atoms with Gasteiger partial charge in [0.15, 0.2) is 0 Å². The van der Waals surface area contributed by atoms with Gasteiger partial charge in [-0.05, 0) is 36.8 Å². The molecule has 0 unspecified atom stereocenters. The van der Waals surface area contributed by atoms with Crippen molar-refractivity contribution in [3.05, 3.63) is 47.7 Å². The van der Waals surface area contributed by atoms with E-state index in [2.05, 4.69) is 41.6 Å². The van der Waals surface area contributed by atoms with Crippen molar-refractivity contribution in [1.82, 2.24) is 9.78 Å². The topological polar surface area (TPSA) is 46.9 Å². The minimum absolute atomic E-state index is 0.0622. The van der Waals surface area contributed by atoms with Crippen LogP contribution in [0.5, 0.6) is 0 Å². The molecule has 1 fully saturated rings. The molecule has 2 aromatic rings. The molecule has 1 aliphatic rings. The summed E-state index contributed by atoms with van der Waals surface area (Å²) in [5.74, 6) is 0.903. The molecule has 1 aromatic heterocycles. The van der Waals surface area contributed by atoms with Gasteiger partial charge in [-0.3, -0.25) is 4.79 Å². The zero-order chi connectivity index (χ0) is 16.8. The van der Waals surface area contributed by atoms with E-state index in [1.54, 1.807) is 6.20 Å². The number of aromatic nitrogens is 2. The van der Waals surface area contributed by atoms with E-state index in [1.165, 1.54) is 30.4 Å². The van der Waals surface area contributed by atoms with Crippen molar-refractivity contribution in [1.29, 1.82) is 0 Å². The second kappa shape index (κ2) is 8.13. The highest BCUT2D eigenvalue weighted by atomic mass is 16.1. The SMILES string of the molecule is CCc1ccc(CCC(=O)Nc2ccnn2C2CCCCC2)cc1. The average molecular weight is 325 g/mol. The fraction of sp³-hybridized carbons (Fsp3) is 0.500. The summed E-state index contributed by atoms with van der Waals surface area (Å²) in [5, 5.41) is 7.47. The van der Waals surface area contributed by atoms with Crippen LogP contribution in [0.4, 0.5) is 5.82 Å². The van der Waals surface area contributed by atoms with E-state index >= 15 is 0 Å². The number of hydrogen-bond acceptors (Lipinski definition) is 2. The summed E-state index contributed by atoms with van der Waals surface area (Å²) in [7, 11) is 0. The molecule has 4 heteroatoms. The third kappa shape index (κ3) is 4.25. The molecule has 1 heterocycles. The van der Waals surface area contributed by atoms with Gasteiger partial charge in [0.1, 0.15) is 5.82 Å². The first kappa shape index (κ1) is 16.7. The van der Waals surface area contributed by atoms with Crippen LogP contribution in [0.25, 0.3) is 0 Å². The number of nitrogens with one attached hydrogen (secondary N) is 1. The third-order valence-electron chi connectivity index (χ3n) is 4.93. The molecule has 0 saturated heterocycles. The normalized spacial score (nSPS) is 15.4. The van der Waals surface area contributed by atoms with Gasteiger partial charge in [0.2, 0.25) is 5.91 Å². The zero-order valence-corrected chi connectivity index (χ0v) is 14.5. The van der Waals surface area contributed by atoms with Gasteiger partial charge in [-0.25, -0.2) is 4.68 Å². The van der Waals surface area contributed by atoms with Gasteiger partial charge in [0, 0.05) is 12.5 Å². The zero-order valence-electron chi connectivity index (χ0n) is 14.5. The summed E-state index contributed by atoms with van der Waals surface area (Å²) in [5.41, 5.74) is 2.54. The van der Waals surface area contributed by atoms with Gasteiger partial charge >= 0.3 is 0 Å². The third-order valence-corrected chi connectivity index (χ3v) is 4.93. The number of rotatable bonds is 6. The molecule has 1 amide bonds. The molecule has 0 aliphatic heterocycles. The van der Waals surface area contributed by atoms with Crippen LogP contribution in [0, 0.1) is 0 Å². The fourth-order valence-corrected chi connectivity index (χ4v) is 3.43. The first-order chi connectivity index (χ1) is 11.8. The molecule has 1 aromatic carbocycles. The predicted molar refractivity (Wildman–Crippen MR) is 97.1 cm³/mol. The Morgan fingerprint density at radius 1 is 1.12 bits per heavy atom. The van der Waals surface area contributed by atoms with Crippen LogP contribution in [0.2, 0.25) is 0 Å². The molecule has 1 aliphatic carbocycles. The average Bonchev–Trinajstić information content (AvgIpc) is 3.09. The molecule has 24 heavy (non-hydrogen) atoms. The smallest absolute Gasteiger partial charge is 0.225 e. The lowest BCUT2D eigenvalue weighted by Gasteiger charge is -2.23. The molecule has 128 valence electrons. The second-order valence-electron chi connectivity index (χ2n) is 6.67. The van der Waals surface area contributed by atoms with Crippen molar-refractivity contribution in [2.24, 2.45) is 0 Å². The molecule has 3 rings (SSSR count). The lowest BCUT2D eigenvalue weighted by atomic mass is 9.96. The van der Waals surface area contributed by atoms with Crippen LogP contribution in [-0.2, 0) is 17.6 Å². The maximum Gasteiger partial charge on any atom is 0.225 e. The van der Waals surface area contributed by atoms with Crippen LogP contribution in [0.3, 0.4) is 0 Å². The van der Waals surface area contributed by atoms with Gasteiger partial charge in [-0.1, -0.05) is 50.5 Å². The lowest BCUT2D eigenvalue weighted by molar-refractivity contribution is -0.116. The van der Waals surface area contributed by atoms with E-state index < -0.39 is 0 Å². The Bertz CT molecular complexity index is 654. The van der Waals surface area contributed by atoms with Crippen LogP contribution < -0.4 is 5.32 Å². The summed E-state index contributed by atoms with van der Waals surface area (Å²) in [6, 6.07) is 10.9. The Balaban J connectivity index is 1.54. The van der Waals surface area contributed by atoms with Crippen LogP contribution in [0.1, 0.15) is 62.6 Å². The first-order valence-electron chi connectivity index (χ1n) is 9.17. The molecular weight excluding hydrogens is 298 g/mol. The van der Waals surface area contributed by atoms with Crippen molar-refractivity contribution in [3.8, 4) is 0 Å². The highest BCUT2D eigenvalue weighted by Gasteiger charge is 2.19. The van der Waals surface area contributed by atoms with Crippen LogP contribution >= 0.6 is 0 Å². The van der Waals surface area contributed by atoms with Crippen LogP contribution in [-0.4, -0.2) is 15.7 Å². The molecule has 0 atom stereocenters. The molecule has 0 spiro atoms. The molecule has 1 saturated carbocycles. The first-order valence-corrected chi connectivity index (χ1v) is 9.17. The van der Waals surface area contributed by atoms with Crippen LogP contribution in [0.15, 0.2) is 36.5 Å². The van der Waals surface area contributed by atoms with Gasteiger partial charge in [0.05, 0.1) is 12.2 Å². The van der Waals surface area contributed by atoms with Crippen molar-refractivity contribution in [2.75, 3.05) is 5.32 Å². The number of anilines is 1. The highest BCUT2D eigenvalue weighted by Crippen LogP contribution is 2.29. The van der Waals surface area contributed by atoms with Gasteiger partial charge in [-0.2, -0.15) is 5.10 Å². The molecule has 0 radical (unpaired) electrons. The number of carbonyl (C=O) groups excluding carboxylic acids is 1. The second-order valence-corrected chi connectivity index (χ2v) is 6.67. The largest absolute Gasteiger partial charge is 0.311 e.